The van der Waals surface area contributed by atoms with E-state index in [1.54, 1.807) is 36.4 Å². The summed E-state index contributed by atoms with van der Waals surface area (Å²) in [5.41, 5.74) is 2.35. The molecule has 5 rings (SSSR count). The molecule has 2 bridgehead atoms. The number of methoxy groups -OCH3 is 1. The Morgan fingerprint density at radius 3 is 2.41 bits per heavy atom. The molecule has 2 amide bonds. The van der Waals surface area contributed by atoms with E-state index in [0.29, 0.717) is 11.3 Å². The number of hydrogen-bond donors (Lipinski definition) is 1. The first-order valence-corrected chi connectivity index (χ1v) is 10.5. The van der Waals surface area contributed by atoms with E-state index in [4.69, 9.17) is 0 Å². The van der Waals surface area contributed by atoms with Crippen molar-refractivity contribution < 1.29 is 23.9 Å². The number of fused-ring (bicyclic) bond motifs is 5. The molecule has 3 aliphatic rings. The molecule has 2 fully saturated rings. The molecule has 4 atom stereocenters. The van der Waals surface area contributed by atoms with Crippen molar-refractivity contribution in [2.45, 2.75) is 25.4 Å². The van der Waals surface area contributed by atoms with Crippen molar-refractivity contribution >= 4 is 29.3 Å². The first-order valence-electron chi connectivity index (χ1n) is 10.5. The van der Waals surface area contributed by atoms with Crippen molar-refractivity contribution in [3.63, 3.8) is 0 Å². The number of nitrogens with zero attached hydrogens (tertiary/aromatic N) is 1. The van der Waals surface area contributed by atoms with Crippen LogP contribution < -0.4 is 10.2 Å². The second kappa shape index (κ2) is 8.88. The third kappa shape index (κ3) is 3.76. The maximum Gasteiger partial charge on any atom is 0.337 e. The zero-order valence-electron chi connectivity index (χ0n) is 17.9. The van der Waals surface area contributed by atoms with E-state index in [0.717, 1.165) is 12.0 Å². The number of hydrogen-bond acceptors (Lipinski definition) is 6. The normalized spacial score (nSPS) is 25.3. The summed E-state index contributed by atoms with van der Waals surface area (Å²) in [6, 6.07) is 15.6. The number of rotatable bonds is 3. The fourth-order valence-corrected chi connectivity index (χ4v) is 4.46. The van der Waals surface area contributed by atoms with Gasteiger partial charge in [0.1, 0.15) is 0 Å². The van der Waals surface area contributed by atoms with Gasteiger partial charge in [0.15, 0.2) is 5.78 Å². The average molecular weight is 432 g/mol. The highest BCUT2D eigenvalue weighted by Crippen LogP contribution is 2.41. The van der Waals surface area contributed by atoms with Crippen LogP contribution in [0, 0.1) is 11.8 Å². The largest absolute Gasteiger partial charge is 0.465 e. The molecule has 3 aliphatic heterocycles. The van der Waals surface area contributed by atoms with E-state index in [9.17, 15) is 19.2 Å². The molecule has 2 saturated heterocycles. The Morgan fingerprint density at radius 1 is 1.00 bits per heavy atom. The van der Waals surface area contributed by atoms with Gasteiger partial charge in [-0.25, -0.2) is 9.69 Å². The van der Waals surface area contributed by atoms with Gasteiger partial charge < -0.3 is 4.74 Å². The Kier molecular flexibility index (Phi) is 6.01. The fourth-order valence-electron chi connectivity index (χ4n) is 4.46. The lowest BCUT2D eigenvalue weighted by molar-refractivity contribution is -0.126. The maximum atomic E-state index is 12.6. The number of esters is 1. The van der Waals surface area contributed by atoms with Crippen LogP contribution in [0.4, 0.5) is 5.69 Å². The molecule has 0 aliphatic carbocycles. The maximum absolute atomic E-state index is 12.6. The molecule has 0 aromatic heterocycles. The van der Waals surface area contributed by atoms with Gasteiger partial charge >= 0.3 is 5.97 Å². The van der Waals surface area contributed by atoms with Crippen LogP contribution in [-0.4, -0.2) is 42.8 Å². The molecule has 0 radical (unpaired) electrons. The molecule has 7 nitrogen and oxygen atoms in total. The van der Waals surface area contributed by atoms with E-state index in [-0.39, 0.29) is 29.6 Å². The smallest absolute Gasteiger partial charge is 0.337 e. The molecule has 2 unspecified atom stereocenters. The van der Waals surface area contributed by atoms with Crippen LogP contribution in [0.3, 0.4) is 0 Å². The third-order valence-electron chi connectivity index (χ3n) is 6.06. The standard InChI is InChI=1S/C15H12N2O3.C10H12O2/c18-10-7-6-9-11-12(13(10)16-9)15(20)17(14(11)19)8-4-2-1-3-5-8;1-3-8-5-4-6-9(7-8)10(11)12-2/h1-7,9,11-13,16H;4-7H,3H2,1-2H3/t9-,11?,12?,13+;/m0./s1. The predicted octanol–water partition coefficient (Wildman–Crippen LogP) is 2.31. The molecular formula is C25H24N2O5. The molecule has 0 saturated carbocycles. The van der Waals surface area contributed by atoms with Crippen LogP contribution in [0.25, 0.3) is 0 Å². The summed E-state index contributed by atoms with van der Waals surface area (Å²) in [6.45, 7) is 2.05. The minimum Gasteiger partial charge on any atom is -0.465 e. The summed E-state index contributed by atoms with van der Waals surface area (Å²) in [6.07, 6.45) is 4.12. The number of carbonyl (C=O) groups is 4. The quantitative estimate of drug-likeness (QED) is 0.591. The summed E-state index contributed by atoms with van der Waals surface area (Å²) in [4.78, 5) is 49.3. The number of carbonyl (C=O) groups excluding carboxylic acids is 4. The Morgan fingerprint density at radius 2 is 1.72 bits per heavy atom. The molecule has 2 aromatic rings. The zero-order chi connectivity index (χ0) is 22.8. The third-order valence-corrected chi connectivity index (χ3v) is 6.06. The Labute approximate surface area is 186 Å². The van der Waals surface area contributed by atoms with E-state index in [1.807, 2.05) is 24.3 Å². The molecule has 32 heavy (non-hydrogen) atoms. The van der Waals surface area contributed by atoms with Gasteiger partial charge in [-0.1, -0.05) is 43.3 Å². The van der Waals surface area contributed by atoms with Gasteiger partial charge in [-0.05, 0) is 42.3 Å². The number of anilines is 1. The van der Waals surface area contributed by atoms with Gasteiger partial charge in [0, 0.05) is 6.04 Å². The number of ketones is 1. The van der Waals surface area contributed by atoms with Gasteiger partial charge in [0.05, 0.1) is 36.2 Å². The highest BCUT2D eigenvalue weighted by atomic mass is 16.5. The molecule has 2 aromatic carbocycles. The Bertz CT molecular complexity index is 1090. The number of ether oxygens (including phenoxy) is 1. The van der Waals surface area contributed by atoms with Crippen LogP contribution in [0.5, 0.6) is 0 Å². The molecular weight excluding hydrogens is 408 g/mol. The van der Waals surface area contributed by atoms with Crippen LogP contribution >= 0.6 is 0 Å². The lowest BCUT2D eigenvalue weighted by atomic mass is 9.90. The first-order chi connectivity index (χ1) is 15.5. The van der Waals surface area contributed by atoms with Gasteiger partial charge in [0.2, 0.25) is 11.8 Å². The second-order valence-corrected chi connectivity index (χ2v) is 7.88. The number of para-hydroxylation sites is 1. The van der Waals surface area contributed by atoms with Crippen LogP contribution in [-0.2, 0) is 25.5 Å². The summed E-state index contributed by atoms with van der Waals surface area (Å²) >= 11 is 0. The van der Waals surface area contributed by atoms with Crippen molar-refractivity contribution in [2.75, 3.05) is 12.0 Å². The van der Waals surface area contributed by atoms with Crippen molar-refractivity contribution in [1.82, 2.24) is 5.32 Å². The van der Waals surface area contributed by atoms with Crippen molar-refractivity contribution in [3.8, 4) is 0 Å². The van der Waals surface area contributed by atoms with E-state index < -0.39 is 17.9 Å². The fraction of sp³-hybridized carbons (Fsp3) is 0.280. The van der Waals surface area contributed by atoms with Gasteiger partial charge in [0.25, 0.3) is 0 Å². The van der Waals surface area contributed by atoms with E-state index in [1.165, 1.54) is 18.1 Å². The summed E-state index contributed by atoms with van der Waals surface area (Å²) in [5.74, 6) is -1.92. The summed E-state index contributed by atoms with van der Waals surface area (Å²) in [7, 11) is 1.39. The lowest BCUT2D eigenvalue weighted by Crippen LogP contribution is -2.46. The lowest BCUT2D eigenvalue weighted by Gasteiger charge is -2.22. The monoisotopic (exact) mass is 432 g/mol. The topological polar surface area (TPSA) is 92.8 Å². The van der Waals surface area contributed by atoms with Crippen molar-refractivity contribution in [1.29, 1.82) is 0 Å². The van der Waals surface area contributed by atoms with E-state index in [2.05, 4.69) is 17.0 Å². The van der Waals surface area contributed by atoms with Gasteiger partial charge in [-0.2, -0.15) is 0 Å². The minimum absolute atomic E-state index is 0.121. The number of nitrogens with one attached hydrogen (secondary N) is 1. The Balaban J connectivity index is 0.000000176. The molecule has 0 spiro atoms. The predicted molar refractivity (Wildman–Crippen MR) is 118 cm³/mol. The van der Waals surface area contributed by atoms with Crippen LogP contribution in [0.2, 0.25) is 0 Å². The zero-order valence-corrected chi connectivity index (χ0v) is 17.9. The summed E-state index contributed by atoms with van der Waals surface area (Å²) in [5, 5.41) is 3.07. The van der Waals surface area contributed by atoms with Crippen LogP contribution in [0.15, 0.2) is 66.7 Å². The summed E-state index contributed by atoms with van der Waals surface area (Å²) < 4.78 is 4.60. The van der Waals surface area contributed by atoms with Gasteiger partial charge in [-0.15, -0.1) is 0 Å². The number of benzene rings is 2. The highest BCUT2D eigenvalue weighted by Gasteiger charge is 2.60. The SMILES string of the molecule is CCc1cccc(C(=O)OC)c1.O=C1C=C[C@@H]2N[C@H]1C1C(=O)N(c3ccccc3)C(=O)C12. The molecule has 7 heteroatoms. The first kappa shape index (κ1) is 21.6. The van der Waals surface area contributed by atoms with Crippen LogP contribution in [0.1, 0.15) is 22.8 Å². The minimum atomic E-state index is -0.574. The van der Waals surface area contributed by atoms with Crippen molar-refractivity contribution in [2.24, 2.45) is 11.8 Å². The molecule has 1 N–H and O–H groups in total. The van der Waals surface area contributed by atoms with Gasteiger partial charge in [-0.3, -0.25) is 19.7 Å². The molecule has 3 heterocycles. The van der Waals surface area contributed by atoms with E-state index >= 15 is 0 Å². The number of imide groups is 1. The molecule has 164 valence electrons. The average Bonchev–Trinajstić information content (AvgIpc) is 3.29. The van der Waals surface area contributed by atoms with Crippen molar-refractivity contribution in [3.05, 3.63) is 77.9 Å². The number of amides is 2. The second-order valence-electron chi connectivity index (χ2n) is 7.88. The highest BCUT2D eigenvalue weighted by molar-refractivity contribution is 6.24. The Hall–Kier alpha value is -3.58. The number of aryl methyl sites for hydroxylation is 1.